The lowest BCUT2D eigenvalue weighted by molar-refractivity contribution is 0.102. The molecule has 18 heavy (non-hydrogen) atoms. The van der Waals surface area contributed by atoms with Crippen molar-refractivity contribution in [1.29, 1.82) is 0 Å². The fraction of sp³-hybridized carbons (Fsp3) is 0.100. The van der Waals surface area contributed by atoms with Crippen LogP contribution < -0.4 is 15.8 Å². The van der Waals surface area contributed by atoms with E-state index in [1.54, 1.807) is 18.2 Å². The fourth-order valence-electron chi connectivity index (χ4n) is 1.25. The largest absolute Gasteiger partial charge is 0.497 e. The third-order valence-electron chi connectivity index (χ3n) is 2.08. The number of anilines is 2. The maximum absolute atomic E-state index is 12.0. The van der Waals surface area contributed by atoms with Crippen molar-refractivity contribution in [3.8, 4) is 5.75 Å². The summed E-state index contributed by atoms with van der Waals surface area (Å²) in [7, 11) is 1.54. The van der Waals surface area contributed by atoms with Gasteiger partial charge in [0.15, 0.2) is 0 Å². The van der Waals surface area contributed by atoms with E-state index in [4.69, 9.17) is 10.5 Å². The first-order valence-electron chi connectivity index (χ1n) is 4.84. The molecule has 2 rings (SSSR count). The molecule has 6 nitrogen and oxygen atoms in total. The number of methoxy groups -OCH3 is 1. The van der Waals surface area contributed by atoms with E-state index in [2.05, 4.69) is 31.4 Å². The Bertz CT molecular complexity index is 587. The Morgan fingerprint density at radius 1 is 1.50 bits per heavy atom. The lowest BCUT2D eigenvalue weighted by Gasteiger charge is -2.06. The van der Waals surface area contributed by atoms with Gasteiger partial charge in [0.2, 0.25) is 10.3 Å². The van der Waals surface area contributed by atoms with Crippen LogP contribution in [0.1, 0.15) is 10.4 Å². The highest BCUT2D eigenvalue weighted by atomic mass is 79.9. The van der Waals surface area contributed by atoms with E-state index >= 15 is 0 Å². The highest BCUT2D eigenvalue weighted by molar-refractivity contribution is 9.10. The van der Waals surface area contributed by atoms with Gasteiger partial charge in [-0.2, -0.15) is 0 Å². The van der Waals surface area contributed by atoms with Crippen molar-refractivity contribution in [2.24, 2.45) is 0 Å². The number of amides is 1. The summed E-state index contributed by atoms with van der Waals surface area (Å²) < 4.78 is 5.73. The molecule has 1 aromatic heterocycles. The molecular weight excluding hydrogens is 320 g/mol. The second-order valence-electron chi connectivity index (χ2n) is 3.25. The van der Waals surface area contributed by atoms with Crippen LogP contribution in [0.3, 0.4) is 0 Å². The van der Waals surface area contributed by atoms with Gasteiger partial charge < -0.3 is 10.5 Å². The van der Waals surface area contributed by atoms with Crippen LogP contribution in [0.4, 0.5) is 10.3 Å². The normalized spacial score (nSPS) is 10.1. The number of nitrogen functional groups attached to an aromatic ring is 1. The predicted octanol–water partition coefficient (Wildman–Crippen LogP) is 2.14. The lowest BCUT2D eigenvalue weighted by atomic mass is 10.2. The molecule has 0 atom stereocenters. The smallest absolute Gasteiger partial charge is 0.258 e. The van der Waals surface area contributed by atoms with Crippen LogP contribution in [0.2, 0.25) is 0 Å². The standard InChI is InChI=1S/C10H9BrN4O2S/c1-17-5-2-3-7(11)6(4-5)8(16)13-10-15-14-9(12)18-10/h2-4H,1H3,(H2,12,14)(H,13,15,16). The van der Waals surface area contributed by atoms with Gasteiger partial charge in [0.1, 0.15) is 5.75 Å². The Morgan fingerprint density at radius 3 is 2.89 bits per heavy atom. The Labute approximate surface area is 115 Å². The average Bonchev–Trinajstić information content (AvgIpc) is 2.75. The molecule has 0 aliphatic heterocycles. The third kappa shape index (κ3) is 2.77. The lowest BCUT2D eigenvalue weighted by Crippen LogP contribution is -2.12. The maximum Gasteiger partial charge on any atom is 0.258 e. The summed E-state index contributed by atoms with van der Waals surface area (Å²) in [5, 5.41) is 10.6. The molecule has 1 amide bonds. The molecule has 8 heteroatoms. The van der Waals surface area contributed by atoms with E-state index in [1.165, 1.54) is 7.11 Å². The van der Waals surface area contributed by atoms with Crippen LogP contribution in [0.25, 0.3) is 0 Å². The third-order valence-corrected chi connectivity index (χ3v) is 3.44. The first kappa shape index (κ1) is 12.8. The predicted molar refractivity (Wildman–Crippen MR) is 73.0 cm³/mol. The summed E-state index contributed by atoms with van der Waals surface area (Å²) in [6.07, 6.45) is 0. The number of ether oxygens (including phenoxy) is 1. The van der Waals surface area contributed by atoms with Crippen molar-refractivity contribution in [3.63, 3.8) is 0 Å². The zero-order valence-corrected chi connectivity index (χ0v) is 11.7. The zero-order valence-electron chi connectivity index (χ0n) is 9.31. The molecule has 0 saturated heterocycles. The maximum atomic E-state index is 12.0. The summed E-state index contributed by atoms with van der Waals surface area (Å²) in [6, 6.07) is 5.12. The van der Waals surface area contributed by atoms with Crippen LogP contribution in [-0.4, -0.2) is 23.2 Å². The Hall–Kier alpha value is -1.67. The number of nitrogens with zero attached hydrogens (tertiary/aromatic N) is 2. The number of hydrogen-bond donors (Lipinski definition) is 2. The number of aromatic nitrogens is 2. The van der Waals surface area contributed by atoms with Gasteiger partial charge in [0.25, 0.3) is 5.91 Å². The van der Waals surface area contributed by atoms with Crippen molar-refractivity contribution in [3.05, 3.63) is 28.2 Å². The number of hydrogen-bond acceptors (Lipinski definition) is 6. The van der Waals surface area contributed by atoms with E-state index in [0.29, 0.717) is 26.0 Å². The molecule has 0 bridgehead atoms. The molecule has 1 heterocycles. The van der Waals surface area contributed by atoms with Crippen molar-refractivity contribution < 1.29 is 9.53 Å². The van der Waals surface area contributed by atoms with E-state index in [1.807, 2.05) is 0 Å². The molecule has 94 valence electrons. The van der Waals surface area contributed by atoms with Gasteiger partial charge in [-0.1, -0.05) is 11.3 Å². The van der Waals surface area contributed by atoms with E-state index in [9.17, 15) is 4.79 Å². The highest BCUT2D eigenvalue weighted by Gasteiger charge is 2.13. The van der Waals surface area contributed by atoms with Gasteiger partial charge in [0.05, 0.1) is 12.7 Å². The second kappa shape index (κ2) is 5.32. The van der Waals surface area contributed by atoms with Crippen molar-refractivity contribution in [2.75, 3.05) is 18.2 Å². The van der Waals surface area contributed by atoms with Gasteiger partial charge in [0, 0.05) is 4.47 Å². The quantitative estimate of drug-likeness (QED) is 0.900. The van der Waals surface area contributed by atoms with Crippen molar-refractivity contribution >= 4 is 43.4 Å². The van der Waals surface area contributed by atoms with Crippen LogP contribution in [-0.2, 0) is 0 Å². The number of nitrogens with two attached hydrogens (primary N) is 1. The monoisotopic (exact) mass is 328 g/mol. The summed E-state index contributed by atoms with van der Waals surface area (Å²) >= 11 is 4.41. The Kier molecular flexibility index (Phi) is 3.78. The second-order valence-corrected chi connectivity index (χ2v) is 5.11. The van der Waals surface area contributed by atoms with Gasteiger partial charge in [-0.25, -0.2) is 0 Å². The molecule has 0 aliphatic rings. The minimum atomic E-state index is -0.308. The number of benzene rings is 1. The molecule has 0 fully saturated rings. The molecule has 3 N–H and O–H groups in total. The fourth-order valence-corrected chi connectivity index (χ4v) is 2.19. The van der Waals surface area contributed by atoms with Crippen LogP contribution in [0.15, 0.2) is 22.7 Å². The Balaban J connectivity index is 2.23. The molecule has 0 spiro atoms. The number of nitrogens with one attached hydrogen (secondary N) is 1. The van der Waals surface area contributed by atoms with Crippen molar-refractivity contribution in [1.82, 2.24) is 10.2 Å². The summed E-state index contributed by atoms with van der Waals surface area (Å²) in [5.74, 6) is 0.289. The van der Waals surface area contributed by atoms with E-state index < -0.39 is 0 Å². The van der Waals surface area contributed by atoms with Crippen LogP contribution >= 0.6 is 27.3 Å². The van der Waals surface area contributed by atoms with Gasteiger partial charge in [-0.3, -0.25) is 10.1 Å². The highest BCUT2D eigenvalue weighted by Crippen LogP contribution is 2.24. The number of carbonyl (C=O) groups is 1. The molecule has 0 saturated carbocycles. The van der Waals surface area contributed by atoms with E-state index in [-0.39, 0.29) is 5.91 Å². The number of halogens is 1. The number of carbonyl (C=O) groups excluding carboxylic acids is 1. The molecule has 0 radical (unpaired) electrons. The molecule has 0 unspecified atom stereocenters. The van der Waals surface area contributed by atoms with E-state index in [0.717, 1.165) is 11.3 Å². The zero-order chi connectivity index (χ0) is 13.1. The van der Waals surface area contributed by atoms with Crippen LogP contribution in [0, 0.1) is 0 Å². The van der Waals surface area contributed by atoms with Gasteiger partial charge >= 0.3 is 0 Å². The molecule has 1 aromatic carbocycles. The molecular formula is C10H9BrN4O2S. The summed E-state index contributed by atoms with van der Waals surface area (Å²) in [5.41, 5.74) is 5.88. The Morgan fingerprint density at radius 2 is 2.28 bits per heavy atom. The SMILES string of the molecule is COc1ccc(Br)c(C(=O)Nc2nnc(N)s2)c1. The first-order valence-corrected chi connectivity index (χ1v) is 6.45. The molecule has 0 aliphatic carbocycles. The first-order chi connectivity index (χ1) is 8.60. The van der Waals surface area contributed by atoms with Gasteiger partial charge in [-0.05, 0) is 34.1 Å². The minimum Gasteiger partial charge on any atom is -0.497 e. The van der Waals surface area contributed by atoms with Crippen molar-refractivity contribution in [2.45, 2.75) is 0 Å². The van der Waals surface area contributed by atoms with Crippen LogP contribution in [0.5, 0.6) is 5.75 Å². The molecule has 2 aromatic rings. The topological polar surface area (TPSA) is 90.1 Å². The average molecular weight is 329 g/mol. The number of rotatable bonds is 3. The van der Waals surface area contributed by atoms with Gasteiger partial charge in [-0.15, -0.1) is 10.2 Å². The summed E-state index contributed by atoms with van der Waals surface area (Å²) in [6.45, 7) is 0. The minimum absolute atomic E-state index is 0.301. The summed E-state index contributed by atoms with van der Waals surface area (Å²) in [4.78, 5) is 12.0.